The van der Waals surface area contributed by atoms with E-state index >= 15 is 0 Å². The molecule has 0 aliphatic rings. The molecule has 2 atom stereocenters. The third-order valence-electron chi connectivity index (χ3n) is 2.50. The molecule has 1 rings (SSSR count). The molecule has 2 nitrogen and oxygen atoms in total. The van der Waals surface area contributed by atoms with E-state index in [-0.39, 0.29) is 22.5 Å². The Labute approximate surface area is 109 Å². The summed E-state index contributed by atoms with van der Waals surface area (Å²) in [5.74, 6) is 0.113. The fourth-order valence-corrected chi connectivity index (χ4v) is 2.25. The molecular formula is C12H17FINO. The zero-order chi connectivity index (χ0) is 12.1. The van der Waals surface area contributed by atoms with Crippen molar-refractivity contribution >= 4 is 22.6 Å². The van der Waals surface area contributed by atoms with E-state index in [0.29, 0.717) is 5.92 Å². The summed E-state index contributed by atoms with van der Waals surface area (Å²) in [6, 6.07) is 6.55. The molecule has 0 aliphatic carbocycles. The molecule has 0 amide bonds. The number of benzene rings is 1. The van der Waals surface area contributed by atoms with Gasteiger partial charge in [-0.15, -0.1) is 0 Å². The molecule has 0 bridgehead atoms. The van der Waals surface area contributed by atoms with Crippen LogP contribution in [-0.4, -0.2) is 17.8 Å². The van der Waals surface area contributed by atoms with Gasteiger partial charge in [-0.25, -0.2) is 4.39 Å². The van der Waals surface area contributed by atoms with E-state index in [9.17, 15) is 9.50 Å². The van der Waals surface area contributed by atoms with E-state index in [1.165, 1.54) is 12.1 Å². The van der Waals surface area contributed by atoms with Gasteiger partial charge in [0.1, 0.15) is 5.82 Å². The van der Waals surface area contributed by atoms with Crippen LogP contribution in [0.3, 0.4) is 0 Å². The molecule has 0 fully saturated rings. The van der Waals surface area contributed by atoms with Crippen molar-refractivity contribution in [2.45, 2.75) is 23.9 Å². The maximum absolute atomic E-state index is 13.0. The monoisotopic (exact) mass is 337 g/mol. The van der Waals surface area contributed by atoms with Crippen molar-refractivity contribution in [3.05, 3.63) is 35.6 Å². The number of halogens is 2. The van der Waals surface area contributed by atoms with Gasteiger partial charge < -0.3 is 5.11 Å². The lowest BCUT2D eigenvalue weighted by atomic mass is 10.1. The Kier molecular flexibility index (Phi) is 5.64. The van der Waals surface area contributed by atoms with E-state index in [4.69, 9.17) is 0 Å². The summed E-state index contributed by atoms with van der Waals surface area (Å²) >= 11 is 2.21. The molecule has 1 aromatic carbocycles. The van der Waals surface area contributed by atoms with Gasteiger partial charge in [0, 0.05) is 6.04 Å². The lowest BCUT2D eigenvalue weighted by Gasteiger charge is -2.23. The van der Waals surface area contributed by atoms with Crippen LogP contribution in [0.5, 0.6) is 0 Å². The first-order chi connectivity index (χ1) is 7.54. The Bertz CT molecular complexity index is 333. The molecule has 0 unspecified atom stereocenters. The predicted octanol–water partition coefficient (Wildman–Crippen LogP) is 2.87. The Balaban J connectivity index is 2.67. The van der Waals surface area contributed by atoms with Crippen LogP contribution >= 0.6 is 22.6 Å². The first-order valence-corrected chi connectivity index (χ1v) is 6.55. The highest BCUT2D eigenvalue weighted by Gasteiger charge is 2.16. The average Bonchev–Trinajstić information content (AvgIpc) is 2.25. The van der Waals surface area contributed by atoms with Gasteiger partial charge in [0.25, 0.3) is 0 Å². The number of alkyl halides is 1. The number of hydrogen-bond donors (Lipinski definition) is 2. The van der Waals surface area contributed by atoms with Gasteiger partial charge in [0.15, 0.2) is 0 Å². The molecule has 0 spiro atoms. The molecule has 0 aromatic heterocycles. The largest absolute Gasteiger partial charge is 0.395 e. The molecule has 4 heteroatoms. The summed E-state index contributed by atoms with van der Waals surface area (Å²) in [7, 11) is 0. The number of rotatable bonds is 5. The minimum absolute atomic E-state index is 0.00727. The highest BCUT2D eigenvalue weighted by Crippen LogP contribution is 2.22. The Morgan fingerprint density at radius 2 is 2.12 bits per heavy atom. The number of aliphatic hydroxyl groups is 1. The van der Waals surface area contributed by atoms with E-state index in [1.807, 2.05) is 19.9 Å². The maximum atomic E-state index is 13.0. The molecule has 0 radical (unpaired) electrons. The Morgan fingerprint density at radius 3 is 2.62 bits per heavy atom. The van der Waals surface area contributed by atoms with Gasteiger partial charge in [0.05, 0.1) is 10.7 Å². The van der Waals surface area contributed by atoms with Crippen molar-refractivity contribution in [2.75, 3.05) is 6.61 Å². The highest BCUT2D eigenvalue weighted by molar-refractivity contribution is 14.1. The third kappa shape index (κ3) is 3.99. The topological polar surface area (TPSA) is 32.3 Å². The second-order valence-electron chi connectivity index (χ2n) is 4.12. The molecule has 1 aromatic rings. The summed E-state index contributed by atoms with van der Waals surface area (Å²) in [5, 5.41) is 12.5. The van der Waals surface area contributed by atoms with Gasteiger partial charge in [-0.05, 0) is 23.6 Å². The van der Waals surface area contributed by atoms with Crippen LogP contribution in [0.2, 0.25) is 0 Å². The summed E-state index contributed by atoms with van der Waals surface area (Å²) in [5.41, 5.74) is 0.889. The van der Waals surface area contributed by atoms with Crippen LogP contribution in [-0.2, 0) is 0 Å². The molecule has 0 heterocycles. The van der Waals surface area contributed by atoms with E-state index in [0.717, 1.165) is 5.56 Å². The first kappa shape index (κ1) is 13.9. The second kappa shape index (κ2) is 6.51. The van der Waals surface area contributed by atoms with Crippen LogP contribution < -0.4 is 5.32 Å². The summed E-state index contributed by atoms with van der Waals surface area (Å²) in [6.45, 7) is 4.18. The molecule has 2 N–H and O–H groups in total. The Morgan fingerprint density at radius 1 is 1.44 bits per heavy atom. The normalized spacial score (nSPS) is 15.1. The van der Waals surface area contributed by atoms with Gasteiger partial charge in [-0.2, -0.15) is 0 Å². The summed E-state index contributed by atoms with van der Waals surface area (Å²) < 4.78 is 13.0. The average molecular weight is 337 g/mol. The molecule has 0 aliphatic heterocycles. The summed E-state index contributed by atoms with van der Waals surface area (Å²) in [4.78, 5) is 0. The first-order valence-electron chi connectivity index (χ1n) is 5.31. The predicted molar refractivity (Wildman–Crippen MR) is 72.0 cm³/mol. The molecule has 0 saturated carbocycles. The zero-order valence-corrected chi connectivity index (χ0v) is 11.6. The summed E-state index contributed by atoms with van der Waals surface area (Å²) in [6.07, 6.45) is 0. The quantitative estimate of drug-likeness (QED) is 0.492. The zero-order valence-electron chi connectivity index (χ0n) is 9.45. The standard InChI is InChI=1S/C12H17FINO/c1-8(2)11(7-16)15-12(14)9-4-3-5-10(13)6-9/h3-6,8,11-12,15-16H,7H2,1-2H3/t11-,12-/m0/s1. The lowest BCUT2D eigenvalue weighted by molar-refractivity contribution is 0.210. The van der Waals surface area contributed by atoms with Crippen molar-refractivity contribution in [1.29, 1.82) is 0 Å². The maximum Gasteiger partial charge on any atom is 0.123 e. The fraction of sp³-hybridized carbons (Fsp3) is 0.500. The Hall–Kier alpha value is -0.200. The number of aliphatic hydroxyl groups excluding tert-OH is 1. The smallest absolute Gasteiger partial charge is 0.123 e. The third-order valence-corrected chi connectivity index (χ3v) is 3.58. The molecule has 16 heavy (non-hydrogen) atoms. The highest BCUT2D eigenvalue weighted by atomic mass is 127. The molecule has 90 valence electrons. The van der Waals surface area contributed by atoms with Crippen molar-refractivity contribution in [2.24, 2.45) is 5.92 Å². The van der Waals surface area contributed by atoms with Gasteiger partial charge in [-0.3, -0.25) is 5.32 Å². The van der Waals surface area contributed by atoms with Crippen molar-refractivity contribution in [1.82, 2.24) is 5.32 Å². The van der Waals surface area contributed by atoms with E-state index < -0.39 is 0 Å². The number of hydrogen-bond acceptors (Lipinski definition) is 2. The van der Waals surface area contributed by atoms with Crippen LogP contribution in [0.4, 0.5) is 4.39 Å². The molecule has 0 saturated heterocycles. The van der Waals surface area contributed by atoms with E-state index in [2.05, 4.69) is 27.9 Å². The van der Waals surface area contributed by atoms with Crippen LogP contribution in [0.25, 0.3) is 0 Å². The SMILES string of the molecule is CC(C)[C@H](CO)N[C@H](I)c1cccc(F)c1. The fourth-order valence-electron chi connectivity index (χ4n) is 1.40. The van der Waals surface area contributed by atoms with E-state index in [1.54, 1.807) is 6.07 Å². The van der Waals surface area contributed by atoms with Crippen molar-refractivity contribution in [3.63, 3.8) is 0 Å². The van der Waals surface area contributed by atoms with Crippen LogP contribution in [0, 0.1) is 11.7 Å². The van der Waals surface area contributed by atoms with Crippen LogP contribution in [0.1, 0.15) is 23.5 Å². The van der Waals surface area contributed by atoms with Crippen molar-refractivity contribution in [3.8, 4) is 0 Å². The lowest BCUT2D eigenvalue weighted by Crippen LogP contribution is -2.37. The number of nitrogens with one attached hydrogen (secondary N) is 1. The second-order valence-corrected chi connectivity index (χ2v) is 5.36. The minimum atomic E-state index is -0.230. The van der Waals surface area contributed by atoms with Gasteiger partial charge >= 0.3 is 0 Å². The van der Waals surface area contributed by atoms with Crippen molar-refractivity contribution < 1.29 is 9.50 Å². The minimum Gasteiger partial charge on any atom is -0.395 e. The van der Waals surface area contributed by atoms with Gasteiger partial charge in [-0.1, -0.05) is 48.6 Å². The van der Waals surface area contributed by atoms with Gasteiger partial charge in [0.2, 0.25) is 0 Å². The molecular weight excluding hydrogens is 320 g/mol. The van der Waals surface area contributed by atoms with Crippen LogP contribution in [0.15, 0.2) is 24.3 Å².